The third-order valence-corrected chi connectivity index (χ3v) is 5.08. The molecular formula is C20H19FN2O4. The second-order valence-corrected chi connectivity index (χ2v) is 6.80. The predicted molar refractivity (Wildman–Crippen MR) is 94.6 cm³/mol. The number of urea groups is 1. The average Bonchev–Trinajstić information content (AvgIpc) is 3.15. The molecule has 4 rings (SSSR count). The van der Waals surface area contributed by atoms with E-state index in [0.29, 0.717) is 12.8 Å². The highest BCUT2D eigenvalue weighted by Crippen LogP contribution is 2.41. The summed E-state index contributed by atoms with van der Waals surface area (Å²) in [5.74, 6) is -0.904. The maximum atomic E-state index is 13.6. The number of fused-ring (bicyclic) bond motifs is 2. The van der Waals surface area contributed by atoms with Crippen molar-refractivity contribution in [3.05, 3.63) is 65.5 Å². The van der Waals surface area contributed by atoms with E-state index in [1.807, 2.05) is 24.3 Å². The molecule has 0 radical (unpaired) electrons. The Kier molecular flexibility index (Phi) is 4.31. The van der Waals surface area contributed by atoms with Crippen LogP contribution in [-0.4, -0.2) is 41.2 Å². The first-order chi connectivity index (χ1) is 13.0. The Labute approximate surface area is 155 Å². The van der Waals surface area contributed by atoms with E-state index in [1.54, 1.807) is 6.07 Å². The summed E-state index contributed by atoms with van der Waals surface area (Å²) in [5.41, 5.74) is 0.791. The third kappa shape index (κ3) is 2.94. The van der Waals surface area contributed by atoms with Crippen molar-refractivity contribution in [2.75, 3.05) is 13.2 Å². The maximum absolute atomic E-state index is 13.6. The Morgan fingerprint density at radius 3 is 2.74 bits per heavy atom. The summed E-state index contributed by atoms with van der Waals surface area (Å²) in [7, 11) is 0. The molecule has 1 heterocycles. The molecule has 2 N–H and O–H groups in total. The van der Waals surface area contributed by atoms with Gasteiger partial charge >= 0.3 is 6.03 Å². The summed E-state index contributed by atoms with van der Waals surface area (Å²) < 4.78 is 18.8. The number of β-amino-alcohol motifs (C(OH)–C–C–N with tert-alkyl or cyclic N) is 1. The maximum Gasteiger partial charge on any atom is 0.325 e. The van der Waals surface area contributed by atoms with E-state index in [2.05, 4.69) is 5.32 Å². The number of benzene rings is 2. The number of para-hydroxylation sites is 1. The lowest BCUT2D eigenvalue weighted by Crippen LogP contribution is -2.43. The van der Waals surface area contributed by atoms with Crippen LogP contribution < -0.4 is 10.1 Å². The Morgan fingerprint density at radius 1 is 1.19 bits per heavy atom. The summed E-state index contributed by atoms with van der Waals surface area (Å²) in [6.45, 7) is -0.454. The standard InChI is InChI=1S/C20H19FN2O4/c21-16-7-3-4-8-17(16)27-12-14(24)11-23-18(25)20(22-19(23)26)10-9-13-5-1-2-6-15(13)20/h1-8,14,24H,9-12H2,(H,22,26)/t14-,20+/m0/s1. The summed E-state index contributed by atoms with van der Waals surface area (Å²) in [4.78, 5) is 26.4. The first-order valence-corrected chi connectivity index (χ1v) is 8.79. The number of rotatable bonds is 5. The van der Waals surface area contributed by atoms with E-state index in [0.717, 1.165) is 16.0 Å². The molecule has 0 saturated carbocycles. The molecule has 0 aromatic heterocycles. The molecule has 6 nitrogen and oxygen atoms in total. The zero-order valence-corrected chi connectivity index (χ0v) is 14.5. The van der Waals surface area contributed by atoms with Crippen molar-refractivity contribution < 1.29 is 23.8 Å². The summed E-state index contributed by atoms with van der Waals surface area (Å²) >= 11 is 0. The summed E-state index contributed by atoms with van der Waals surface area (Å²) in [6.07, 6.45) is 0.0654. The van der Waals surface area contributed by atoms with E-state index < -0.39 is 23.5 Å². The first-order valence-electron chi connectivity index (χ1n) is 8.79. The second kappa shape index (κ2) is 6.66. The second-order valence-electron chi connectivity index (χ2n) is 6.80. The normalized spacial score (nSPS) is 22.1. The van der Waals surface area contributed by atoms with Gasteiger partial charge in [0.05, 0.1) is 6.54 Å². The minimum atomic E-state index is -1.13. The van der Waals surface area contributed by atoms with E-state index in [1.165, 1.54) is 18.2 Å². The van der Waals surface area contributed by atoms with Crippen molar-refractivity contribution in [3.63, 3.8) is 0 Å². The molecule has 2 aliphatic rings. The molecule has 1 spiro atoms. The van der Waals surface area contributed by atoms with Crippen molar-refractivity contribution in [2.24, 2.45) is 0 Å². The highest BCUT2D eigenvalue weighted by molar-refractivity contribution is 6.08. The molecule has 140 valence electrons. The molecule has 1 aliphatic carbocycles. The molecule has 2 aromatic carbocycles. The number of hydrogen-bond donors (Lipinski definition) is 2. The highest BCUT2D eigenvalue weighted by Gasteiger charge is 2.55. The number of amides is 3. The van der Waals surface area contributed by atoms with Gasteiger partial charge in [0.2, 0.25) is 0 Å². The Hall–Kier alpha value is -2.93. The fourth-order valence-electron chi connectivity index (χ4n) is 3.77. The lowest BCUT2D eigenvalue weighted by molar-refractivity contribution is -0.132. The molecular weight excluding hydrogens is 351 g/mol. The Bertz CT molecular complexity index is 903. The van der Waals surface area contributed by atoms with E-state index in [9.17, 15) is 19.1 Å². The van der Waals surface area contributed by atoms with E-state index in [4.69, 9.17) is 4.74 Å². The monoisotopic (exact) mass is 370 g/mol. The van der Waals surface area contributed by atoms with Gasteiger partial charge in [0.15, 0.2) is 11.6 Å². The van der Waals surface area contributed by atoms with Crippen molar-refractivity contribution in [3.8, 4) is 5.75 Å². The highest BCUT2D eigenvalue weighted by atomic mass is 19.1. The van der Waals surface area contributed by atoms with Crippen molar-refractivity contribution in [2.45, 2.75) is 24.5 Å². The number of nitrogens with zero attached hydrogens (tertiary/aromatic N) is 1. The number of carbonyl (C=O) groups excluding carboxylic acids is 2. The molecule has 1 saturated heterocycles. The molecule has 1 aliphatic heterocycles. The van der Waals surface area contributed by atoms with Gasteiger partial charge in [-0.3, -0.25) is 9.69 Å². The van der Waals surface area contributed by atoms with Crippen molar-refractivity contribution in [1.82, 2.24) is 10.2 Å². The quantitative estimate of drug-likeness (QED) is 0.789. The molecule has 2 atom stereocenters. The van der Waals surface area contributed by atoms with Gasteiger partial charge < -0.3 is 15.2 Å². The van der Waals surface area contributed by atoms with Gasteiger partial charge in [-0.05, 0) is 36.1 Å². The SMILES string of the molecule is O=C1N[C@@]2(CCc3ccccc32)C(=O)N1C[C@H](O)COc1ccccc1F. The van der Waals surface area contributed by atoms with Gasteiger partial charge in [0.25, 0.3) is 5.91 Å². The van der Waals surface area contributed by atoms with Gasteiger partial charge in [-0.1, -0.05) is 36.4 Å². The first kappa shape index (κ1) is 17.5. The lowest BCUT2D eigenvalue weighted by atomic mass is 9.92. The van der Waals surface area contributed by atoms with Crippen LogP contribution in [0, 0.1) is 5.82 Å². The number of aryl methyl sites for hydroxylation is 1. The van der Waals surface area contributed by atoms with Crippen LogP contribution >= 0.6 is 0 Å². The van der Waals surface area contributed by atoms with Crippen LogP contribution in [0.25, 0.3) is 0 Å². The minimum Gasteiger partial charge on any atom is -0.488 e. The topological polar surface area (TPSA) is 78.9 Å². The zero-order chi connectivity index (χ0) is 19.0. The molecule has 0 unspecified atom stereocenters. The number of halogens is 1. The largest absolute Gasteiger partial charge is 0.488 e. The van der Waals surface area contributed by atoms with E-state index in [-0.39, 0.29) is 24.8 Å². The fraction of sp³-hybridized carbons (Fsp3) is 0.300. The van der Waals surface area contributed by atoms with Crippen LogP contribution in [0.3, 0.4) is 0 Å². The molecule has 3 amide bonds. The smallest absolute Gasteiger partial charge is 0.325 e. The molecule has 0 bridgehead atoms. The number of imide groups is 1. The van der Waals surface area contributed by atoms with Crippen LogP contribution in [0.2, 0.25) is 0 Å². The summed E-state index contributed by atoms with van der Waals surface area (Å²) in [5, 5.41) is 13.0. The molecule has 27 heavy (non-hydrogen) atoms. The number of hydrogen-bond acceptors (Lipinski definition) is 4. The van der Waals surface area contributed by atoms with Crippen LogP contribution in [0.4, 0.5) is 9.18 Å². The average molecular weight is 370 g/mol. The number of nitrogens with one attached hydrogen (secondary N) is 1. The third-order valence-electron chi connectivity index (χ3n) is 5.08. The van der Waals surface area contributed by atoms with Gasteiger partial charge in [-0.2, -0.15) is 0 Å². The molecule has 7 heteroatoms. The zero-order valence-electron chi connectivity index (χ0n) is 14.5. The number of aliphatic hydroxyl groups excluding tert-OH is 1. The number of aliphatic hydroxyl groups is 1. The predicted octanol–water partition coefficient (Wildman–Crippen LogP) is 1.96. The van der Waals surface area contributed by atoms with Gasteiger partial charge in [-0.25, -0.2) is 9.18 Å². The summed E-state index contributed by atoms with van der Waals surface area (Å²) in [6, 6.07) is 12.8. The molecule has 2 aromatic rings. The van der Waals surface area contributed by atoms with Crippen LogP contribution in [0.5, 0.6) is 5.75 Å². The fourth-order valence-corrected chi connectivity index (χ4v) is 3.77. The van der Waals surface area contributed by atoms with Crippen molar-refractivity contribution in [1.29, 1.82) is 0 Å². The molecule has 1 fully saturated rings. The van der Waals surface area contributed by atoms with Crippen molar-refractivity contribution >= 4 is 11.9 Å². The number of ether oxygens (including phenoxy) is 1. The lowest BCUT2D eigenvalue weighted by Gasteiger charge is -2.23. The Balaban J connectivity index is 1.45. The van der Waals surface area contributed by atoms with Gasteiger partial charge in [0, 0.05) is 0 Å². The van der Waals surface area contributed by atoms with E-state index >= 15 is 0 Å². The van der Waals surface area contributed by atoms with Crippen LogP contribution in [0.1, 0.15) is 17.5 Å². The van der Waals surface area contributed by atoms with Crippen LogP contribution in [-0.2, 0) is 16.8 Å². The Morgan fingerprint density at radius 2 is 1.93 bits per heavy atom. The van der Waals surface area contributed by atoms with Gasteiger partial charge in [0.1, 0.15) is 18.2 Å². The van der Waals surface area contributed by atoms with Gasteiger partial charge in [-0.15, -0.1) is 0 Å². The number of carbonyl (C=O) groups is 2. The van der Waals surface area contributed by atoms with Crippen LogP contribution in [0.15, 0.2) is 48.5 Å². The minimum absolute atomic E-state index is 0.00920.